The molecule has 1 nitrogen and oxygen atoms in total. The lowest BCUT2D eigenvalue weighted by molar-refractivity contribution is 0.143. The van der Waals surface area contributed by atoms with E-state index in [9.17, 15) is 17.6 Å². The zero-order chi connectivity index (χ0) is 9.30. The van der Waals surface area contributed by atoms with Crippen LogP contribution in [0.1, 0.15) is 12.0 Å². The molecule has 1 rings (SSSR count). The van der Waals surface area contributed by atoms with E-state index in [1.54, 1.807) is 0 Å². The second kappa shape index (κ2) is 3.55. The number of halogens is 5. The average molecular weight is 291 g/mol. The first kappa shape index (κ1) is 9.69. The average Bonchev–Trinajstić information content (AvgIpc) is 1.97. The zero-order valence-corrected chi connectivity index (χ0v) is 7.65. The Morgan fingerprint density at radius 2 is 1.92 bits per heavy atom. The van der Waals surface area contributed by atoms with Crippen LogP contribution in [0.3, 0.4) is 0 Å². The highest BCUT2D eigenvalue weighted by Gasteiger charge is 2.21. The minimum absolute atomic E-state index is 0.0819. The second-order valence-corrected chi connectivity index (χ2v) is 3.09. The maximum Gasteiger partial charge on any atom is 0.267 e. The fraction of sp³-hybridized carbons (Fsp3) is 0.167. The molecular formula is C6H2F4IN. The molecule has 0 saturated carbocycles. The molecule has 0 radical (unpaired) electrons. The Morgan fingerprint density at radius 3 is 2.33 bits per heavy atom. The molecule has 0 fully saturated rings. The molecule has 12 heavy (non-hydrogen) atoms. The van der Waals surface area contributed by atoms with Gasteiger partial charge in [0.05, 0.1) is 5.56 Å². The van der Waals surface area contributed by atoms with Crippen molar-refractivity contribution in [1.82, 2.24) is 4.98 Å². The van der Waals surface area contributed by atoms with Gasteiger partial charge in [0.1, 0.15) is 0 Å². The van der Waals surface area contributed by atoms with E-state index in [0.29, 0.717) is 0 Å². The summed E-state index contributed by atoms with van der Waals surface area (Å²) in [6.45, 7) is 0. The Bertz CT molecular complexity index is 302. The second-order valence-electron chi connectivity index (χ2n) is 1.93. The van der Waals surface area contributed by atoms with Gasteiger partial charge in [0.15, 0.2) is 5.82 Å². The van der Waals surface area contributed by atoms with Gasteiger partial charge in [0.2, 0.25) is 5.95 Å². The Hall–Kier alpha value is -0.400. The Morgan fingerprint density at radius 1 is 1.33 bits per heavy atom. The van der Waals surface area contributed by atoms with E-state index in [0.717, 1.165) is 6.20 Å². The van der Waals surface area contributed by atoms with Crippen LogP contribution in [0.25, 0.3) is 0 Å². The summed E-state index contributed by atoms with van der Waals surface area (Å²) in [7, 11) is 0. The van der Waals surface area contributed by atoms with Crippen molar-refractivity contribution in [3.8, 4) is 0 Å². The predicted molar refractivity (Wildman–Crippen MR) is 41.8 cm³/mol. The predicted octanol–water partition coefficient (Wildman–Crippen LogP) is 2.90. The van der Waals surface area contributed by atoms with E-state index in [-0.39, 0.29) is 3.57 Å². The molecular weight excluding hydrogens is 289 g/mol. The molecule has 0 aliphatic rings. The van der Waals surface area contributed by atoms with Gasteiger partial charge in [-0.3, -0.25) is 0 Å². The van der Waals surface area contributed by atoms with Gasteiger partial charge in [-0.15, -0.1) is 0 Å². The third-order valence-electron chi connectivity index (χ3n) is 1.18. The maximum atomic E-state index is 12.6. The molecule has 0 spiro atoms. The van der Waals surface area contributed by atoms with E-state index in [1.165, 1.54) is 22.6 Å². The Kier molecular flexibility index (Phi) is 2.86. The molecule has 0 bridgehead atoms. The van der Waals surface area contributed by atoms with Crippen LogP contribution in [0.15, 0.2) is 6.20 Å². The fourth-order valence-electron chi connectivity index (χ4n) is 0.656. The number of alkyl halides is 2. The van der Waals surface area contributed by atoms with Crippen molar-refractivity contribution in [1.29, 1.82) is 0 Å². The molecule has 0 aliphatic heterocycles. The molecule has 1 aromatic rings. The maximum absolute atomic E-state index is 12.6. The molecule has 0 N–H and O–H groups in total. The summed E-state index contributed by atoms with van der Waals surface area (Å²) in [6, 6.07) is 0. The van der Waals surface area contributed by atoms with Crippen LogP contribution in [-0.2, 0) is 0 Å². The standard InChI is InChI=1S/C6H2F4IN/c7-4-3(5(8)9)2(11)1-12-6(4)10/h1,5H. The van der Waals surface area contributed by atoms with Crippen molar-refractivity contribution < 1.29 is 17.6 Å². The highest BCUT2D eigenvalue weighted by atomic mass is 127. The fourth-order valence-corrected chi connectivity index (χ4v) is 1.27. The van der Waals surface area contributed by atoms with Gasteiger partial charge in [0.25, 0.3) is 6.43 Å². The molecule has 0 unspecified atom stereocenters. The molecule has 66 valence electrons. The smallest absolute Gasteiger partial charge is 0.225 e. The molecule has 0 aliphatic carbocycles. The van der Waals surface area contributed by atoms with Gasteiger partial charge in [-0.25, -0.2) is 18.2 Å². The monoisotopic (exact) mass is 291 g/mol. The van der Waals surface area contributed by atoms with Gasteiger partial charge >= 0.3 is 0 Å². The van der Waals surface area contributed by atoms with Crippen molar-refractivity contribution in [3.05, 3.63) is 27.1 Å². The first-order chi connectivity index (χ1) is 5.54. The number of hydrogen-bond acceptors (Lipinski definition) is 1. The number of aromatic nitrogens is 1. The van der Waals surface area contributed by atoms with E-state index in [4.69, 9.17) is 0 Å². The summed E-state index contributed by atoms with van der Waals surface area (Å²) in [5.74, 6) is -3.07. The van der Waals surface area contributed by atoms with Crippen LogP contribution >= 0.6 is 22.6 Å². The van der Waals surface area contributed by atoms with Crippen molar-refractivity contribution in [2.45, 2.75) is 6.43 Å². The van der Waals surface area contributed by atoms with Crippen LogP contribution in [0.4, 0.5) is 17.6 Å². The van der Waals surface area contributed by atoms with E-state index in [2.05, 4.69) is 4.98 Å². The van der Waals surface area contributed by atoms with Gasteiger partial charge in [0, 0.05) is 9.77 Å². The summed E-state index contributed by atoms with van der Waals surface area (Å²) in [6.07, 6.45) is -2.16. The normalized spacial score (nSPS) is 10.8. The first-order valence-corrected chi connectivity index (χ1v) is 3.89. The topological polar surface area (TPSA) is 12.9 Å². The largest absolute Gasteiger partial charge is 0.267 e. The van der Waals surface area contributed by atoms with Crippen molar-refractivity contribution >= 4 is 22.6 Å². The minimum Gasteiger partial charge on any atom is -0.225 e. The van der Waals surface area contributed by atoms with E-state index < -0.39 is 23.8 Å². The highest BCUT2D eigenvalue weighted by molar-refractivity contribution is 14.1. The van der Waals surface area contributed by atoms with Crippen LogP contribution < -0.4 is 0 Å². The summed E-state index contributed by atoms with van der Waals surface area (Å²) >= 11 is 1.47. The lowest BCUT2D eigenvalue weighted by atomic mass is 10.3. The van der Waals surface area contributed by atoms with Crippen molar-refractivity contribution in [2.75, 3.05) is 0 Å². The third-order valence-corrected chi connectivity index (χ3v) is 2.04. The Labute approximate surface area is 78.9 Å². The van der Waals surface area contributed by atoms with Crippen molar-refractivity contribution in [3.63, 3.8) is 0 Å². The number of hydrogen-bond donors (Lipinski definition) is 0. The lowest BCUT2D eigenvalue weighted by Gasteiger charge is -2.03. The van der Waals surface area contributed by atoms with E-state index in [1.807, 2.05) is 0 Å². The number of rotatable bonds is 1. The van der Waals surface area contributed by atoms with Crippen molar-refractivity contribution in [2.24, 2.45) is 0 Å². The van der Waals surface area contributed by atoms with Crippen LogP contribution in [-0.4, -0.2) is 4.98 Å². The molecule has 0 amide bonds. The summed E-state index contributed by atoms with van der Waals surface area (Å²) < 4.78 is 48.9. The minimum atomic E-state index is -3.02. The molecule has 0 aromatic carbocycles. The molecule has 0 saturated heterocycles. The zero-order valence-electron chi connectivity index (χ0n) is 5.49. The summed E-state index contributed by atoms with van der Waals surface area (Å²) in [5, 5.41) is 0. The first-order valence-electron chi connectivity index (χ1n) is 2.81. The SMILES string of the molecule is Fc1ncc(I)c(C(F)F)c1F. The number of pyridine rings is 1. The van der Waals surface area contributed by atoms with Gasteiger partial charge in [-0.1, -0.05) is 0 Å². The summed E-state index contributed by atoms with van der Waals surface area (Å²) in [4.78, 5) is 2.94. The quantitative estimate of drug-likeness (QED) is 0.440. The third kappa shape index (κ3) is 1.67. The lowest BCUT2D eigenvalue weighted by Crippen LogP contribution is -2.00. The van der Waals surface area contributed by atoms with Gasteiger partial charge in [-0.2, -0.15) is 4.39 Å². The molecule has 6 heteroatoms. The molecule has 1 heterocycles. The highest BCUT2D eigenvalue weighted by Crippen LogP contribution is 2.27. The molecule has 0 atom stereocenters. The van der Waals surface area contributed by atoms with E-state index >= 15 is 0 Å². The summed E-state index contributed by atoms with van der Waals surface area (Å²) in [5.41, 5.74) is -0.928. The van der Waals surface area contributed by atoms with Gasteiger partial charge in [-0.05, 0) is 22.6 Å². The Balaban J connectivity index is 3.33. The number of nitrogens with zero attached hydrogens (tertiary/aromatic N) is 1. The van der Waals surface area contributed by atoms with Crippen LogP contribution in [0.5, 0.6) is 0 Å². The van der Waals surface area contributed by atoms with Gasteiger partial charge < -0.3 is 0 Å². The van der Waals surface area contributed by atoms with Crippen LogP contribution in [0, 0.1) is 15.3 Å². The van der Waals surface area contributed by atoms with Crippen LogP contribution in [0.2, 0.25) is 0 Å². The molecule has 1 aromatic heterocycles.